The molecule has 2 amide bonds. The molecule has 0 bridgehead atoms. The van der Waals surface area contributed by atoms with Gasteiger partial charge in [-0.2, -0.15) is 4.72 Å². The first-order valence-corrected chi connectivity index (χ1v) is 13.5. The molecule has 0 saturated carbocycles. The van der Waals surface area contributed by atoms with Crippen LogP contribution >= 0.6 is 0 Å². The molecule has 39 heavy (non-hydrogen) atoms. The Bertz CT molecular complexity index is 1580. The van der Waals surface area contributed by atoms with Crippen LogP contribution in [0, 0.1) is 19.7 Å². The highest BCUT2D eigenvalue weighted by Gasteiger charge is 2.35. The zero-order valence-electron chi connectivity index (χ0n) is 21.5. The van der Waals surface area contributed by atoms with Crippen LogP contribution in [-0.2, 0) is 14.8 Å². The number of hydrogen-bond acceptors (Lipinski definition) is 8. The molecule has 1 aliphatic heterocycles. The van der Waals surface area contributed by atoms with Crippen molar-refractivity contribution in [2.24, 2.45) is 5.73 Å². The summed E-state index contributed by atoms with van der Waals surface area (Å²) < 4.78 is 55.2. The smallest absolute Gasteiger partial charge is 0.391 e. The summed E-state index contributed by atoms with van der Waals surface area (Å²) in [5, 5.41) is 5.85. The fourth-order valence-corrected chi connectivity index (χ4v) is 6.04. The maximum atomic E-state index is 15.0. The second kappa shape index (κ2) is 11.1. The number of benzene rings is 2. The Kier molecular flexibility index (Phi) is 7.99. The highest BCUT2D eigenvalue weighted by atomic mass is 32.2. The zero-order chi connectivity index (χ0) is 28.5. The Labute approximate surface area is 223 Å². The molecule has 12 nitrogen and oxygen atoms in total. The first-order valence-electron chi connectivity index (χ1n) is 12.0. The number of aromatic amines is 1. The molecule has 3 aromatic rings. The zero-order valence-corrected chi connectivity index (χ0v) is 22.3. The molecule has 0 spiro atoms. The number of rotatable bonds is 8. The Morgan fingerprint density at radius 2 is 1.87 bits per heavy atom. The van der Waals surface area contributed by atoms with Crippen molar-refractivity contribution in [3.8, 4) is 0 Å². The number of amides is 2. The highest BCUT2D eigenvalue weighted by molar-refractivity contribution is 7.89. The van der Waals surface area contributed by atoms with E-state index in [0.29, 0.717) is 31.9 Å². The normalized spacial score (nSPS) is 15.6. The number of ether oxygens (including phenoxy) is 1. The van der Waals surface area contributed by atoms with Crippen LogP contribution in [0.4, 0.5) is 4.39 Å². The van der Waals surface area contributed by atoms with Gasteiger partial charge in [-0.3, -0.25) is 9.59 Å². The first-order chi connectivity index (χ1) is 18.4. The molecule has 2 aromatic carbocycles. The number of nitrogens with one attached hydrogen (secondary N) is 2. The molecule has 0 aliphatic carbocycles. The number of nitrogens with two attached hydrogens (primary N) is 1. The number of H-pyrrole nitrogens is 1. The minimum absolute atomic E-state index is 0.0127. The Hall–Kier alpha value is -3.88. The minimum atomic E-state index is -4.63. The molecule has 1 aromatic heterocycles. The Morgan fingerprint density at radius 3 is 2.49 bits per heavy atom. The molecule has 2 heterocycles. The van der Waals surface area contributed by atoms with Gasteiger partial charge in [-0.25, -0.2) is 22.7 Å². The first kappa shape index (κ1) is 28.1. The van der Waals surface area contributed by atoms with E-state index in [1.165, 1.54) is 17.0 Å². The maximum absolute atomic E-state index is 15.0. The lowest BCUT2D eigenvalue weighted by Crippen LogP contribution is -2.41. The molecule has 208 valence electrons. The van der Waals surface area contributed by atoms with Gasteiger partial charge >= 0.3 is 5.76 Å². The summed E-state index contributed by atoms with van der Waals surface area (Å²) in [6.07, 6.45) is 0. The number of carbonyl (C=O) groups is 2. The van der Waals surface area contributed by atoms with Crippen molar-refractivity contribution < 1.29 is 31.6 Å². The van der Waals surface area contributed by atoms with Crippen molar-refractivity contribution in [2.75, 3.05) is 26.3 Å². The van der Waals surface area contributed by atoms with E-state index >= 15 is 0 Å². The number of nitrogens with zero attached hydrogens (tertiary/aromatic N) is 2. The van der Waals surface area contributed by atoms with Gasteiger partial charge in [-0.05, 0) is 54.8 Å². The van der Waals surface area contributed by atoms with E-state index in [1.54, 1.807) is 26.8 Å². The number of aryl methyl sites for hydroxylation is 1. The van der Waals surface area contributed by atoms with Crippen LogP contribution in [0.25, 0.3) is 0 Å². The minimum Gasteiger partial charge on any atom is -0.391 e. The quantitative estimate of drug-likeness (QED) is 0.370. The van der Waals surface area contributed by atoms with E-state index in [1.807, 2.05) is 0 Å². The predicted octanol–water partition coefficient (Wildman–Crippen LogP) is 1.51. The van der Waals surface area contributed by atoms with Gasteiger partial charge in [0, 0.05) is 24.6 Å². The molecule has 4 rings (SSSR count). The molecular weight excluding hydrogens is 533 g/mol. The summed E-state index contributed by atoms with van der Waals surface area (Å²) in [7, 11) is -4.63. The average molecular weight is 562 g/mol. The highest BCUT2D eigenvalue weighted by Crippen LogP contribution is 2.35. The summed E-state index contributed by atoms with van der Waals surface area (Å²) in [6, 6.07) is 4.98. The lowest BCUT2D eigenvalue weighted by molar-refractivity contribution is 0.0302. The molecule has 14 heteroatoms. The number of halogens is 1. The molecule has 2 atom stereocenters. The summed E-state index contributed by atoms with van der Waals surface area (Å²) >= 11 is 0. The molecule has 4 N–H and O–H groups in total. The largest absolute Gasteiger partial charge is 0.434 e. The molecule has 1 saturated heterocycles. The second-order valence-corrected chi connectivity index (χ2v) is 10.9. The summed E-state index contributed by atoms with van der Waals surface area (Å²) in [4.78, 5) is 37.9. The summed E-state index contributed by atoms with van der Waals surface area (Å²) in [5.41, 5.74) is 6.62. The predicted molar refractivity (Wildman–Crippen MR) is 136 cm³/mol. The lowest BCUT2D eigenvalue weighted by Gasteiger charge is -2.27. The Morgan fingerprint density at radius 1 is 1.18 bits per heavy atom. The summed E-state index contributed by atoms with van der Waals surface area (Å²) in [5.74, 6) is -4.31. The number of primary amides is 1. The topological polar surface area (TPSA) is 178 Å². The van der Waals surface area contributed by atoms with Crippen LogP contribution in [-0.4, -0.2) is 61.6 Å². The van der Waals surface area contributed by atoms with Crippen molar-refractivity contribution in [2.45, 2.75) is 37.6 Å². The number of hydrogen-bond donors (Lipinski definition) is 3. The maximum Gasteiger partial charge on any atom is 0.434 e. The van der Waals surface area contributed by atoms with Crippen molar-refractivity contribution in [1.29, 1.82) is 0 Å². The Balaban J connectivity index is 1.79. The van der Waals surface area contributed by atoms with Gasteiger partial charge in [0.05, 0.1) is 23.7 Å². The third kappa shape index (κ3) is 5.77. The van der Waals surface area contributed by atoms with Crippen molar-refractivity contribution >= 4 is 21.8 Å². The van der Waals surface area contributed by atoms with Crippen LogP contribution in [0.2, 0.25) is 0 Å². The van der Waals surface area contributed by atoms with Gasteiger partial charge in [0.25, 0.3) is 5.91 Å². The van der Waals surface area contributed by atoms with Crippen LogP contribution in [0.1, 0.15) is 62.2 Å². The van der Waals surface area contributed by atoms with E-state index in [-0.39, 0.29) is 22.6 Å². The van der Waals surface area contributed by atoms with E-state index in [2.05, 4.69) is 14.9 Å². The van der Waals surface area contributed by atoms with E-state index in [0.717, 1.165) is 17.7 Å². The van der Waals surface area contributed by atoms with Gasteiger partial charge in [0.15, 0.2) is 0 Å². The SMILES string of the molecule is Cc1ccc(F)c(C(C)C(NS(=O)(=O)c2cc(C(=O)N3CCOCC3)ccc2C(N)=O)c2n[nH]c(=O)o2)c1C. The third-order valence-corrected chi connectivity index (χ3v) is 8.25. The number of carbonyl (C=O) groups excluding carboxylic acids is 2. The molecule has 1 aliphatic rings. The monoisotopic (exact) mass is 561 g/mol. The van der Waals surface area contributed by atoms with Crippen LogP contribution in [0.5, 0.6) is 0 Å². The molecular formula is C25H28FN5O7S. The van der Waals surface area contributed by atoms with Crippen LogP contribution < -0.4 is 16.2 Å². The third-order valence-electron chi connectivity index (χ3n) is 6.77. The summed E-state index contributed by atoms with van der Waals surface area (Å²) in [6.45, 7) is 6.30. The van der Waals surface area contributed by atoms with Gasteiger partial charge in [0.1, 0.15) is 11.9 Å². The lowest BCUT2D eigenvalue weighted by atomic mass is 9.88. The van der Waals surface area contributed by atoms with Gasteiger partial charge < -0.3 is 19.8 Å². The standard InChI is InChI=1S/C25H28FN5O7S/c1-13-4-7-18(26)20(14(13)2)15(3)21(23-28-29-25(34)38-23)30-39(35,36)19-12-16(5-6-17(19)22(27)32)24(33)31-8-10-37-11-9-31/h4-7,12,15,21,30H,8-11H2,1-3H3,(H2,27,32)(H,29,34). The number of morpholine rings is 1. The van der Waals surface area contributed by atoms with Gasteiger partial charge in [-0.15, -0.1) is 5.10 Å². The second-order valence-electron chi connectivity index (χ2n) is 9.22. The van der Waals surface area contributed by atoms with E-state index < -0.39 is 50.3 Å². The number of sulfonamides is 1. The van der Waals surface area contributed by atoms with Gasteiger partial charge in [0.2, 0.25) is 21.8 Å². The average Bonchev–Trinajstić information content (AvgIpc) is 3.35. The van der Waals surface area contributed by atoms with Gasteiger partial charge in [-0.1, -0.05) is 13.0 Å². The molecule has 2 unspecified atom stereocenters. The number of aromatic nitrogens is 2. The fraction of sp³-hybridized carbons (Fsp3) is 0.360. The van der Waals surface area contributed by atoms with Crippen molar-refractivity contribution in [1.82, 2.24) is 19.8 Å². The molecule has 0 radical (unpaired) electrons. The van der Waals surface area contributed by atoms with E-state index in [4.69, 9.17) is 14.9 Å². The van der Waals surface area contributed by atoms with E-state index in [9.17, 15) is 27.2 Å². The van der Waals surface area contributed by atoms with Crippen molar-refractivity contribution in [3.63, 3.8) is 0 Å². The van der Waals surface area contributed by atoms with Crippen molar-refractivity contribution in [3.05, 3.63) is 80.4 Å². The van der Waals surface area contributed by atoms with Crippen LogP contribution in [0.3, 0.4) is 0 Å². The van der Waals surface area contributed by atoms with Crippen LogP contribution in [0.15, 0.2) is 44.4 Å². The fourth-order valence-electron chi connectivity index (χ4n) is 4.53. The molecule has 1 fully saturated rings.